The zero-order valence-electron chi connectivity index (χ0n) is 18.0. The zero-order valence-corrected chi connectivity index (χ0v) is 18.0. The van der Waals surface area contributed by atoms with Crippen molar-refractivity contribution in [2.75, 3.05) is 41.0 Å². The average Bonchev–Trinajstić information content (AvgIpc) is 2.79. The fourth-order valence-corrected chi connectivity index (χ4v) is 3.35. The van der Waals surface area contributed by atoms with Crippen LogP contribution in [0.1, 0.15) is 31.7 Å². The van der Waals surface area contributed by atoms with Gasteiger partial charge in [0, 0.05) is 37.7 Å². The standard InChI is InChI=1S/C21H30N2O7/c1-5-20(25)23-8-6-7-14(12-23)21(26)30-13-19(24)22-11-15-9-17(28-3)18(29-4)10-16(15)27-2/h9-10,14H,5-8,11-13H2,1-4H3,(H,22,24). The molecule has 0 bridgehead atoms. The molecule has 9 nitrogen and oxygen atoms in total. The lowest BCUT2D eigenvalue weighted by molar-refractivity contribution is -0.155. The molecule has 1 saturated heterocycles. The SMILES string of the molecule is CCC(=O)N1CCCC(C(=O)OCC(=O)NCc2cc(OC)c(OC)cc2OC)C1. The number of methoxy groups -OCH3 is 3. The second kappa shape index (κ2) is 11.3. The molecule has 0 radical (unpaired) electrons. The van der Waals surface area contributed by atoms with Crippen molar-refractivity contribution in [1.29, 1.82) is 0 Å². The van der Waals surface area contributed by atoms with Crippen molar-refractivity contribution in [1.82, 2.24) is 10.2 Å². The Hall–Kier alpha value is -2.97. The highest BCUT2D eigenvalue weighted by Crippen LogP contribution is 2.34. The van der Waals surface area contributed by atoms with Crippen LogP contribution in [-0.4, -0.2) is 63.7 Å². The van der Waals surface area contributed by atoms with Crippen LogP contribution in [0.15, 0.2) is 12.1 Å². The molecule has 9 heteroatoms. The Labute approximate surface area is 176 Å². The topological polar surface area (TPSA) is 103 Å². The number of benzene rings is 1. The Morgan fingerprint density at radius 3 is 2.37 bits per heavy atom. The molecule has 1 unspecified atom stereocenters. The van der Waals surface area contributed by atoms with E-state index < -0.39 is 17.8 Å². The number of amides is 2. The number of hydrogen-bond donors (Lipinski definition) is 1. The summed E-state index contributed by atoms with van der Waals surface area (Å²) in [6, 6.07) is 3.39. The van der Waals surface area contributed by atoms with Crippen molar-refractivity contribution < 1.29 is 33.3 Å². The van der Waals surface area contributed by atoms with E-state index in [4.69, 9.17) is 18.9 Å². The monoisotopic (exact) mass is 422 g/mol. The maximum atomic E-state index is 12.3. The quantitative estimate of drug-likeness (QED) is 0.602. The van der Waals surface area contributed by atoms with Crippen molar-refractivity contribution in [3.8, 4) is 17.2 Å². The van der Waals surface area contributed by atoms with Gasteiger partial charge >= 0.3 is 5.97 Å². The first-order valence-electron chi connectivity index (χ1n) is 9.93. The number of esters is 1. The number of carbonyl (C=O) groups excluding carboxylic acids is 3. The first-order valence-corrected chi connectivity index (χ1v) is 9.93. The fraction of sp³-hybridized carbons (Fsp3) is 0.571. The molecule has 1 aliphatic heterocycles. The molecule has 2 amide bonds. The van der Waals surface area contributed by atoms with Crippen LogP contribution >= 0.6 is 0 Å². The highest BCUT2D eigenvalue weighted by molar-refractivity contribution is 5.82. The Bertz CT molecular complexity index is 766. The smallest absolute Gasteiger partial charge is 0.311 e. The summed E-state index contributed by atoms with van der Waals surface area (Å²) in [5.41, 5.74) is 0.691. The molecule has 1 heterocycles. The van der Waals surface area contributed by atoms with Crippen LogP contribution < -0.4 is 19.5 Å². The number of ether oxygens (including phenoxy) is 4. The predicted molar refractivity (Wildman–Crippen MR) is 108 cm³/mol. The minimum atomic E-state index is -0.456. The van der Waals surface area contributed by atoms with E-state index in [2.05, 4.69) is 5.32 Å². The molecule has 0 saturated carbocycles. The Balaban J connectivity index is 1.86. The molecule has 0 aliphatic carbocycles. The van der Waals surface area contributed by atoms with E-state index in [1.807, 2.05) is 0 Å². The van der Waals surface area contributed by atoms with Crippen LogP contribution in [0.2, 0.25) is 0 Å². The van der Waals surface area contributed by atoms with Gasteiger partial charge in [-0.15, -0.1) is 0 Å². The van der Waals surface area contributed by atoms with Gasteiger partial charge in [-0.2, -0.15) is 0 Å². The first-order chi connectivity index (χ1) is 14.4. The van der Waals surface area contributed by atoms with E-state index >= 15 is 0 Å². The van der Waals surface area contributed by atoms with Gasteiger partial charge in [0.2, 0.25) is 5.91 Å². The van der Waals surface area contributed by atoms with Gasteiger partial charge in [-0.05, 0) is 18.9 Å². The molecule has 1 aliphatic rings. The van der Waals surface area contributed by atoms with Crippen molar-refractivity contribution in [2.45, 2.75) is 32.7 Å². The highest BCUT2D eigenvalue weighted by Gasteiger charge is 2.29. The molecular formula is C21H30N2O7. The van der Waals surface area contributed by atoms with Crippen molar-refractivity contribution in [3.05, 3.63) is 17.7 Å². The summed E-state index contributed by atoms with van der Waals surface area (Å²) in [5.74, 6) is 0.300. The average molecular weight is 422 g/mol. The fourth-order valence-electron chi connectivity index (χ4n) is 3.35. The molecule has 1 fully saturated rings. The predicted octanol–water partition coefficient (Wildman–Crippen LogP) is 1.52. The Morgan fingerprint density at radius 1 is 1.07 bits per heavy atom. The third-order valence-electron chi connectivity index (χ3n) is 5.02. The molecule has 0 spiro atoms. The maximum absolute atomic E-state index is 12.3. The molecule has 1 aromatic carbocycles. The summed E-state index contributed by atoms with van der Waals surface area (Å²) >= 11 is 0. The van der Waals surface area contributed by atoms with Gasteiger partial charge in [0.25, 0.3) is 5.91 Å². The second-order valence-corrected chi connectivity index (χ2v) is 6.94. The summed E-state index contributed by atoms with van der Waals surface area (Å²) in [4.78, 5) is 38.0. The molecule has 30 heavy (non-hydrogen) atoms. The molecule has 166 valence electrons. The second-order valence-electron chi connectivity index (χ2n) is 6.94. The van der Waals surface area contributed by atoms with Crippen LogP contribution in [0.5, 0.6) is 17.2 Å². The van der Waals surface area contributed by atoms with E-state index in [0.29, 0.717) is 48.7 Å². The van der Waals surface area contributed by atoms with Crippen molar-refractivity contribution >= 4 is 17.8 Å². The van der Waals surface area contributed by atoms with E-state index in [9.17, 15) is 14.4 Å². The van der Waals surface area contributed by atoms with Crippen LogP contribution in [0.4, 0.5) is 0 Å². The highest BCUT2D eigenvalue weighted by atomic mass is 16.5. The summed E-state index contributed by atoms with van der Waals surface area (Å²) in [6.45, 7) is 2.58. The lowest BCUT2D eigenvalue weighted by atomic mass is 9.98. The third-order valence-corrected chi connectivity index (χ3v) is 5.02. The zero-order chi connectivity index (χ0) is 22.1. The maximum Gasteiger partial charge on any atom is 0.311 e. The molecule has 1 N–H and O–H groups in total. The van der Waals surface area contributed by atoms with Crippen molar-refractivity contribution in [2.24, 2.45) is 5.92 Å². The lowest BCUT2D eigenvalue weighted by Gasteiger charge is -2.31. The molecule has 1 aromatic rings. The first kappa shape index (κ1) is 23.3. The summed E-state index contributed by atoms with van der Waals surface area (Å²) in [6.07, 6.45) is 1.80. The largest absolute Gasteiger partial charge is 0.496 e. The van der Waals surface area contributed by atoms with Crippen LogP contribution in [0.3, 0.4) is 0 Å². The molecule has 2 rings (SSSR count). The third kappa shape index (κ3) is 6.01. The van der Waals surface area contributed by atoms with Gasteiger partial charge in [0.15, 0.2) is 18.1 Å². The normalized spacial score (nSPS) is 15.9. The van der Waals surface area contributed by atoms with Crippen LogP contribution in [0.25, 0.3) is 0 Å². The number of carbonyl (C=O) groups is 3. The van der Waals surface area contributed by atoms with Gasteiger partial charge in [0.05, 0.1) is 27.2 Å². The molecule has 1 atom stereocenters. The Kier molecular flexibility index (Phi) is 8.76. The lowest BCUT2D eigenvalue weighted by Crippen LogP contribution is -2.43. The number of hydrogen-bond acceptors (Lipinski definition) is 7. The summed E-state index contributed by atoms with van der Waals surface area (Å²) < 4.78 is 21.0. The number of piperidine rings is 1. The molecular weight excluding hydrogens is 392 g/mol. The van der Waals surface area contributed by atoms with E-state index in [1.54, 1.807) is 24.0 Å². The summed E-state index contributed by atoms with van der Waals surface area (Å²) in [7, 11) is 4.56. The van der Waals surface area contributed by atoms with Crippen molar-refractivity contribution in [3.63, 3.8) is 0 Å². The Morgan fingerprint density at radius 2 is 1.73 bits per heavy atom. The molecule has 0 aromatic heterocycles. The van der Waals surface area contributed by atoms with Gasteiger partial charge in [-0.1, -0.05) is 6.92 Å². The van der Waals surface area contributed by atoms with E-state index in [0.717, 1.165) is 6.42 Å². The van der Waals surface area contributed by atoms with E-state index in [1.165, 1.54) is 21.3 Å². The van der Waals surface area contributed by atoms with Gasteiger partial charge < -0.3 is 29.2 Å². The van der Waals surface area contributed by atoms with E-state index in [-0.39, 0.29) is 19.1 Å². The number of nitrogens with zero attached hydrogens (tertiary/aromatic N) is 1. The minimum absolute atomic E-state index is 0.0223. The number of rotatable bonds is 9. The van der Waals surface area contributed by atoms with Gasteiger partial charge in [-0.3, -0.25) is 14.4 Å². The minimum Gasteiger partial charge on any atom is -0.496 e. The van der Waals surface area contributed by atoms with Gasteiger partial charge in [-0.25, -0.2) is 0 Å². The number of likely N-dealkylation sites (tertiary alicyclic amines) is 1. The number of nitrogens with one attached hydrogen (secondary N) is 1. The van der Waals surface area contributed by atoms with Crippen LogP contribution in [0, 0.1) is 5.92 Å². The summed E-state index contributed by atoms with van der Waals surface area (Å²) in [5, 5.41) is 2.70. The van der Waals surface area contributed by atoms with Crippen LogP contribution in [-0.2, 0) is 25.7 Å². The van der Waals surface area contributed by atoms with Gasteiger partial charge in [0.1, 0.15) is 5.75 Å².